The van der Waals surface area contributed by atoms with Crippen LogP contribution in [0.3, 0.4) is 0 Å². The number of benzene rings is 3. The van der Waals surface area contributed by atoms with Gasteiger partial charge in [0.05, 0.1) is 11.6 Å². The van der Waals surface area contributed by atoms with Crippen LogP contribution in [0.1, 0.15) is 22.9 Å². The van der Waals surface area contributed by atoms with Crippen LogP contribution < -0.4 is 10.1 Å². The Morgan fingerprint density at radius 1 is 0.848 bits per heavy atom. The third-order valence-electron chi connectivity index (χ3n) is 5.81. The minimum atomic E-state index is -0.452. The molecule has 0 aliphatic carbocycles. The molecule has 0 spiro atoms. The van der Waals surface area contributed by atoms with Crippen molar-refractivity contribution in [2.24, 2.45) is 0 Å². The van der Waals surface area contributed by atoms with E-state index in [1.54, 1.807) is 4.52 Å². The van der Waals surface area contributed by atoms with E-state index >= 15 is 0 Å². The van der Waals surface area contributed by atoms with Gasteiger partial charge < -0.3 is 10.1 Å². The van der Waals surface area contributed by atoms with Crippen molar-refractivity contribution in [2.75, 3.05) is 5.32 Å². The molecule has 7 heteroatoms. The smallest absolute Gasteiger partial charge is 0.236 e. The monoisotopic (exact) mass is 433 g/mol. The van der Waals surface area contributed by atoms with Gasteiger partial charge in [-0.25, -0.2) is 0 Å². The zero-order valence-electron chi connectivity index (χ0n) is 17.8. The van der Waals surface area contributed by atoms with Crippen LogP contribution in [0.25, 0.3) is 16.9 Å². The average Bonchev–Trinajstić information content (AvgIpc) is 3.23. The number of ether oxygens (including phenoxy) is 1. The number of fused-ring (bicyclic) bond motifs is 3. The molecule has 7 nitrogen and oxygen atoms in total. The summed E-state index contributed by atoms with van der Waals surface area (Å²) in [6, 6.07) is 26.8. The zero-order chi connectivity index (χ0) is 22.4. The minimum Gasteiger partial charge on any atom is -0.457 e. The number of rotatable bonds is 3. The summed E-state index contributed by atoms with van der Waals surface area (Å²) in [5.74, 6) is 1.58. The Morgan fingerprint density at radius 3 is 2.21 bits per heavy atom. The highest BCUT2D eigenvalue weighted by atomic mass is 16.5. The number of amides is 1. The first-order chi connectivity index (χ1) is 16.2. The Labute approximate surface area is 189 Å². The predicted molar refractivity (Wildman–Crippen MR) is 124 cm³/mol. The van der Waals surface area contributed by atoms with Crippen LogP contribution in [0.5, 0.6) is 11.5 Å². The highest BCUT2D eigenvalue weighted by Crippen LogP contribution is 2.44. The summed E-state index contributed by atoms with van der Waals surface area (Å²) in [6.45, 7) is 1.86. The molecular weight excluding hydrogens is 414 g/mol. The van der Waals surface area contributed by atoms with Gasteiger partial charge in [-0.05, 0) is 43.3 Å². The molecule has 5 aromatic rings. The first-order valence-corrected chi connectivity index (χ1v) is 10.6. The summed E-state index contributed by atoms with van der Waals surface area (Å²) in [7, 11) is 0. The molecule has 1 amide bonds. The van der Waals surface area contributed by atoms with E-state index < -0.39 is 5.92 Å². The van der Waals surface area contributed by atoms with Crippen LogP contribution in [0, 0.1) is 6.92 Å². The number of nitrogens with zero attached hydrogens (tertiary/aromatic N) is 4. The first kappa shape index (κ1) is 19.2. The van der Waals surface area contributed by atoms with Crippen molar-refractivity contribution < 1.29 is 9.53 Å². The van der Waals surface area contributed by atoms with Gasteiger partial charge in [-0.3, -0.25) is 4.79 Å². The van der Waals surface area contributed by atoms with Crippen molar-refractivity contribution in [1.29, 1.82) is 0 Å². The highest BCUT2D eigenvalue weighted by Gasteiger charge is 2.32. The molecule has 3 heterocycles. The number of carbonyl (C=O) groups excluding carboxylic acids is 1. The van der Waals surface area contributed by atoms with E-state index in [2.05, 4.69) is 20.6 Å². The largest absolute Gasteiger partial charge is 0.457 e. The van der Waals surface area contributed by atoms with Gasteiger partial charge in [-0.1, -0.05) is 48.5 Å². The second-order valence-corrected chi connectivity index (χ2v) is 7.91. The lowest BCUT2D eigenvalue weighted by molar-refractivity contribution is -0.116. The quantitative estimate of drug-likeness (QED) is 0.434. The molecule has 0 fully saturated rings. The molecule has 160 valence electrons. The maximum absolute atomic E-state index is 13.4. The van der Waals surface area contributed by atoms with Crippen molar-refractivity contribution in [1.82, 2.24) is 19.8 Å². The van der Waals surface area contributed by atoms with Gasteiger partial charge >= 0.3 is 0 Å². The number of anilines is 1. The van der Waals surface area contributed by atoms with Crippen LogP contribution >= 0.6 is 0 Å². The van der Waals surface area contributed by atoms with E-state index in [-0.39, 0.29) is 5.91 Å². The summed E-state index contributed by atoms with van der Waals surface area (Å²) in [5, 5.41) is 15.8. The zero-order valence-corrected chi connectivity index (χ0v) is 17.8. The van der Waals surface area contributed by atoms with E-state index in [9.17, 15) is 4.79 Å². The van der Waals surface area contributed by atoms with Gasteiger partial charge in [0.15, 0.2) is 11.5 Å². The first-order valence-electron chi connectivity index (χ1n) is 10.6. The Hall–Kier alpha value is -4.52. The van der Waals surface area contributed by atoms with Crippen LogP contribution in [0.2, 0.25) is 0 Å². The van der Waals surface area contributed by atoms with Gasteiger partial charge in [0.1, 0.15) is 11.5 Å². The topological polar surface area (TPSA) is 81.4 Å². The highest BCUT2D eigenvalue weighted by molar-refractivity contribution is 5.99. The number of aromatic nitrogens is 4. The molecule has 0 atom stereocenters. The summed E-state index contributed by atoms with van der Waals surface area (Å²) in [5.41, 5.74) is 4.86. The molecule has 1 aliphatic heterocycles. The van der Waals surface area contributed by atoms with Crippen molar-refractivity contribution in [2.45, 2.75) is 12.8 Å². The van der Waals surface area contributed by atoms with Crippen LogP contribution in [0.4, 0.5) is 5.69 Å². The molecule has 1 N–H and O–H groups in total. The molecule has 6 rings (SSSR count). The maximum Gasteiger partial charge on any atom is 0.236 e. The van der Waals surface area contributed by atoms with E-state index in [1.165, 1.54) is 0 Å². The van der Waals surface area contributed by atoms with Crippen molar-refractivity contribution in [3.8, 4) is 22.8 Å². The number of para-hydroxylation sites is 2. The van der Waals surface area contributed by atoms with Gasteiger partial charge in [-0.2, -0.15) is 9.61 Å². The molecule has 0 bridgehead atoms. The number of aryl methyl sites for hydroxylation is 1. The van der Waals surface area contributed by atoms with Crippen molar-refractivity contribution >= 4 is 17.2 Å². The summed E-state index contributed by atoms with van der Waals surface area (Å²) in [4.78, 5) is 13.4. The number of carbonyl (C=O) groups is 1. The molecule has 0 saturated carbocycles. The summed E-state index contributed by atoms with van der Waals surface area (Å²) >= 11 is 0. The second kappa shape index (κ2) is 7.56. The van der Waals surface area contributed by atoms with E-state index in [1.807, 2.05) is 91.9 Å². The molecule has 3 aromatic carbocycles. The number of nitrogens with one attached hydrogen (secondary N) is 1. The maximum atomic E-state index is 13.4. The molecule has 1 aliphatic rings. The lowest BCUT2D eigenvalue weighted by Gasteiger charge is -2.27. The minimum absolute atomic E-state index is 0.106. The summed E-state index contributed by atoms with van der Waals surface area (Å²) in [6.07, 6.45) is 0. The number of hydrogen-bond acceptors (Lipinski definition) is 5. The Balaban J connectivity index is 1.29. The Bertz CT molecular complexity index is 1460. The molecule has 0 saturated heterocycles. The van der Waals surface area contributed by atoms with Crippen LogP contribution in [-0.4, -0.2) is 25.7 Å². The third kappa shape index (κ3) is 3.30. The average molecular weight is 433 g/mol. The normalized spacial score (nSPS) is 12.6. The van der Waals surface area contributed by atoms with Gasteiger partial charge in [-0.15, -0.1) is 10.2 Å². The molecule has 33 heavy (non-hydrogen) atoms. The fourth-order valence-corrected chi connectivity index (χ4v) is 4.18. The molecule has 2 aromatic heterocycles. The fraction of sp³-hybridized carbons (Fsp3) is 0.0769. The summed E-state index contributed by atoms with van der Waals surface area (Å²) < 4.78 is 7.72. The SMILES string of the molecule is Cc1nnc2ccc(-c3ccc(NC(=O)C4c5ccccc5Oc5ccccc54)cc3)nn12. The Kier molecular flexibility index (Phi) is 4.40. The van der Waals surface area contributed by atoms with Crippen LogP contribution in [0.15, 0.2) is 84.9 Å². The third-order valence-corrected chi connectivity index (χ3v) is 5.81. The van der Waals surface area contributed by atoms with Gasteiger partial charge in [0.2, 0.25) is 5.91 Å². The lowest BCUT2D eigenvalue weighted by atomic mass is 9.87. The van der Waals surface area contributed by atoms with Crippen molar-refractivity contribution in [3.05, 3.63) is 102 Å². The van der Waals surface area contributed by atoms with E-state index in [4.69, 9.17) is 4.74 Å². The lowest BCUT2D eigenvalue weighted by Crippen LogP contribution is -2.25. The Morgan fingerprint density at radius 2 is 1.52 bits per heavy atom. The van der Waals surface area contributed by atoms with Crippen molar-refractivity contribution in [3.63, 3.8) is 0 Å². The van der Waals surface area contributed by atoms with Gasteiger partial charge in [0, 0.05) is 22.4 Å². The molecule has 0 radical (unpaired) electrons. The van der Waals surface area contributed by atoms with E-state index in [0.29, 0.717) is 22.8 Å². The predicted octanol–water partition coefficient (Wildman–Crippen LogP) is 4.98. The van der Waals surface area contributed by atoms with E-state index in [0.717, 1.165) is 28.2 Å². The molecular formula is C26H19N5O2. The standard InChI is InChI=1S/C26H19N5O2/c1-16-28-29-24-15-14-21(30-31(16)24)17-10-12-18(13-11-17)27-26(32)25-19-6-2-4-8-22(19)33-23-9-5-3-7-20(23)25/h2-15,25H,1H3,(H,27,32). The van der Waals surface area contributed by atoms with Gasteiger partial charge in [0.25, 0.3) is 0 Å². The number of hydrogen-bond donors (Lipinski definition) is 1. The fourth-order valence-electron chi connectivity index (χ4n) is 4.18. The second-order valence-electron chi connectivity index (χ2n) is 7.91. The van der Waals surface area contributed by atoms with Crippen LogP contribution in [-0.2, 0) is 4.79 Å². The molecule has 0 unspecified atom stereocenters.